The molecule has 6 nitrogen and oxygen atoms in total. The van der Waals surface area contributed by atoms with Gasteiger partial charge in [-0.3, -0.25) is 14.4 Å². The molecule has 0 amide bonds. The number of rotatable bonds is 58. The molecule has 0 saturated heterocycles. The van der Waals surface area contributed by atoms with Crippen LogP contribution in [0.25, 0.3) is 0 Å². The van der Waals surface area contributed by atoms with Crippen LogP contribution < -0.4 is 0 Å². The summed E-state index contributed by atoms with van der Waals surface area (Å²) in [6, 6.07) is 0. The molecule has 0 aliphatic rings. The van der Waals surface area contributed by atoms with Gasteiger partial charge in [-0.25, -0.2) is 0 Å². The fourth-order valence-electron chi connectivity index (χ4n) is 9.57. The lowest BCUT2D eigenvalue weighted by molar-refractivity contribution is -0.167. The van der Waals surface area contributed by atoms with Crippen LogP contribution in [0.2, 0.25) is 0 Å². The Bertz CT molecular complexity index is 1070. The lowest BCUT2D eigenvalue weighted by Gasteiger charge is -2.18. The smallest absolute Gasteiger partial charge is 0.306 e. The highest BCUT2D eigenvalue weighted by atomic mass is 16.6. The summed E-state index contributed by atoms with van der Waals surface area (Å²) >= 11 is 0. The zero-order valence-electron chi connectivity index (χ0n) is 46.9. The molecule has 1 atom stereocenters. The number of carbonyl (C=O) groups excluding carboxylic acids is 3. The van der Waals surface area contributed by atoms with Crippen LogP contribution in [0.3, 0.4) is 0 Å². The molecule has 0 heterocycles. The lowest BCUT2D eigenvalue weighted by Crippen LogP contribution is -2.30. The van der Waals surface area contributed by atoms with E-state index in [1.54, 1.807) is 0 Å². The standard InChI is InChI=1S/C63H120O6/c1-4-7-10-13-16-19-21-22-23-24-25-26-27-28-29-30-31-32-33-34-35-36-37-38-39-40-41-42-43-45-47-50-53-56-62(65)68-59-60(58-67-61(64)55-52-49-46-18-15-12-9-6-3)69-63(66)57-54-51-48-44-20-17-14-11-8-5-2/h11,14,60H,4-10,12-13,15-59H2,1-3H3/b14-11-. The Morgan fingerprint density at radius 3 is 0.783 bits per heavy atom. The monoisotopic (exact) mass is 973 g/mol. The first kappa shape index (κ1) is 67.1. The minimum atomic E-state index is -0.767. The van der Waals surface area contributed by atoms with Gasteiger partial charge in [-0.05, 0) is 38.5 Å². The van der Waals surface area contributed by atoms with Gasteiger partial charge in [0.2, 0.25) is 0 Å². The van der Waals surface area contributed by atoms with Gasteiger partial charge in [-0.1, -0.05) is 309 Å². The van der Waals surface area contributed by atoms with Gasteiger partial charge in [0, 0.05) is 19.3 Å². The molecule has 408 valence electrons. The van der Waals surface area contributed by atoms with Crippen molar-refractivity contribution in [1.82, 2.24) is 0 Å². The molecule has 0 fully saturated rings. The number of carbonyl (C=O) groups is 3. The molecule has 0 spiro atoms. The Balaban J connectivity index is 3.86. The number of allylic oxidation sites excluding steroid dienone is 2. The van der Waals surface area contributed by atoms with E-state index in [1.165, 1.54) is 244 Å². The molecule has 0 aliphatic carbocycles. The molecule has 0 saturated carbocycles. The maximum absolute atomic E-state index is 12.7. The van der Waals surface area contributed by atoms with Crippen molar-refractivity contribution in [3.63, 3.8) is 0 Å². The average Bonchev–Trinajstić information content (AvgIpc) is 3.35. The Labute approximate surface area is 431 Å². The average molecular weight is 974 g/mol. The van der Waals surface area contributed by atoms with Gasteiger partial charge >= 0.3 is 17.9 Å². The second-order valence-corrected chi connectivity index (χ2v) is 21.3. The topological polar surface area (TPSA) is 78.9 Å². The Morgan fingerprint density at radius 1 is 0.275 bits per heavy atom. The fraction of sp³-hybridized carbons (Fsp3) is 0.921. The van der Waals surface area contributed by atoms with Gasteiger partial charge in [0.1, 0.15) is 13.2 Å². The van der Waals surface area contributed by atoms with E-state index < -0.39 is 6.10 Å². The molecular weight excluding hydrogens is 853 g/mol. The van der Waals surface area contributed by atoms with E-state index in [2.05, 4.69) is 32.9 Å². The normalized spacial score (nSPS) is 12.0. The highest BCUT2D eigenvalue weighted by molar-refractivity contribution is 5.71. The van der Waals surface area contributed by atoms with Gasteiger partial charge in [0.25, 0.3) is 0 Å². The Kier molecular flexibility index (Phi) is 57.1. The van der Waals surface area contributed by atoms with Crippen LogP contribution in [-0.2, 0) is 28.6 Å². The SMILES string of the molecule is CCC/C=C\CCCCCCCC(=O)OC(COC(=O)CCCCCCCCCC)COC(=O)CCCCCCCCCCCCCCCCCCCCCCCCCCCCCCCCCCC. The number of ether oxygens (including phenoxy) is 3. The van der Waals surface area contributed by atoms with E-state index >= 15 is 0 Å². The molecule has 1 unspecified atom stereocenters. The third kappa shape index (κ3) is 56.9. The van der Waals surface area contributed by atoms with Gasteiger partial charge in [-0.15, -0.1) is 0 Å². The lowest BCUT2D eigenvalue weighted by atomic mass is 10.0. The van der Waals surface area contributed by atoms with E-state index in [0.717, 1.165) is 70.6 Å². The van der Waals surface area contributed by atoms with Crippen LogP contribution in [0.5, 0.6) is 0 Å². The van der Waals surface area contributed by atoms with Gasteiger partial charge in [0.15, 0.2) is 6.10 Å². The van der Waals surface area contributed by atoms with Crippen molar-refractivity contribution in [3.8, 4) is 0 Å². The van der Waals surface area contributed by atoms with Gasteiger partial charge in [-0.2, -0.15) is 0 Å². The molecule has 0 aliphatic heterocycles. The van der Waals surface area contributed by atoms with E-state index in [0.29, 0.717) is 19.3 Å². The molecule has 6 heteroatoms. The molecule has 0 bridgehead atoms. The maximum Gasteiger partial charge on any atom is 0.306 e. The predicted molar refractivity (Wildman–Crippen MR) is 298 cm³/mol. The van der Waals surface area contributed by atoms with Crippen LogP contribution in [-0.4, -0.2) is 37.2 Å². The second kappa shape index (κ2) is 58.7. The first-order valence-corrected chi connectivity index (χ1v) is 31.2. The molecule has 0 aromatic rings. The van der Waals surface area contributed by atoms with E-state index in [4.69, 9.17) is 14.2 Å². The summed E-state index contributed by atoms with van der Waals surface area (Å²) in [5.41, 5.74) is 0. The van der Waals surface area contributed by atoms with Crippen molar-refractivity contribution in [2.75, 3.05) is 13.2 Å². The van der Waals surface area contributed by atoms with Crippen LogP contribution in [0.15, 0.2) is 12.2 Å². The number of unbranched alkanes of at least 4 members (excludes halogenated alkanes) is 45. The zero-order valence-corrected chi connectivity index (χ0v) is 46.9. The largest absolute Gasteiger partial charge is 0.462 e. The fourth-order valence-corrected chi connectivity index (χ4v) is 9.57. The van der Waals surface area contributed by atoms with Crippen molar-refractivity contribution in [1.29, 1.82) is 0 Å². The van der Waals surface area contributed by atoms with Crippen molar-refractivity contribution >= 4 is 17.9 Å². The van der Waals surface area contributed by atoms with E-state index in [9.17, 15) is 14.4 Å². The van der Waals surface area contributed by atoms with Crippen LogP contribution in [0.1, 0.15) is 355 Å². The zero-order chi connectivity index (χ0) is 50.0. The van der Waals surface area contributed by atoms with Gasteiger partial charge in [0.05, 0.1) is 0 Å². The van der Waals surface area contributed by atoms with Crippen LogP contribution in [0, 0.1) is 0 Å². The second-order valence-electron chi connectivity index (χ2n) is 21.3. The summed E-state index contributed by atoms with van der Waals surface area (Å²) in [5, 5.41) is 0. The first-order valence-electron chi connectivity index (χ1n) is 31.2. The first-order chi connectivity index (χ1) is 34.0. The molecule has 0 aromatic carbocycles. The summed E-state index contributed by atoms with van der Waals surface area (Å²) in [6.45, 7) is 6.59. The molecule has 0 aromatic heterocycles. The Morgan fingerprint density at radius 2 is 0.507 bits per heavy atom. The summed E-state index contributed by atoms with van der Waals surface area (Å²) in [5.74, 6) is -0.866. The number of hydrogen-bond donors (Lipinski definition) is 0. The molecule has 69 heavy (non-hydrogen) atoms. The summed E-state index contributed by atoms with van der Waals surface area (Å²) in [7, 11) is 0. The summed E-state index contributed by atoms with van der Waals surface area (Å²) in [6.07, 6.45) is 68.5. The van der Waals surface area contributed by atoms with Crippen molar-refractivity contribution < 1.29 is 28.6 Å². The van der Waals surface area contributed by atoms with Crippen molar-refractivity contribution in [2.45, 2.75) is 361 Å². The van der Waals surface area contributed by atoms with Crippen LogP contribution >= 0.6 is 0 Å². The predicted octanol–water partition coefficient (Wildman–Crippen LogP) is 20.9. The summed E-state index contributed by atoms with van der Waals surface area (Å²) < 4.78 is 16.8. The highest BCUT2D eigenvalue weighted by Crippen LogP contribution is 2.18. The number of esters is 3. The minimum Gasteiger partial charge on any atom is -0.462 e. The number of hydrogen-bond acceptors (Lipinski definition) is 6. The third-order valence-corrected chi connectivity index (χ3v) is 14.3. The third-order valence-electron chi connectivity index (χ3n) is 14.3. The minimum absolute atomic E-state index is 0.0686. The van der Waals surface area contributed by atoms with E-state index in [-0.39, 0.29) is 31.1 Å². The Hall–Kier alpha value is -1.85. The molecule has 0 rings (SSSR count). The molecular formula is C63H120O6. The van der Waals surface area contributed by atoms with E-state index in [1.807, 2.05) is 0 Å². The van der Waals surface area contributed by atoms with Crippen molar-refractivity contribution in [3.05, 3.63) is 12.2 Å². The highest BCUT2D eigenvalue weighted by Gasteiger charge is 2.19. The summed E-state index contributed by atoms with van der Waals surface area (Å²) in [4.78, 5) is 37.9. The van der Waals surface area contributed by atoms with Crippen molar-refractivity contribution in [2.24, 2.45) is 0 Å². The quantitative estimate of drug-likeness (QED) is 0.0261. The van der Waals surface area contributed by atoms with Crippen LogP contribution in [0.4, 0.5) is 0 Å². The molecule has 0 radical (unpaired) electrons. The maximum atomic E-state index is 12.7. The van der Waals surface area contributed by atoms with Gasteiger partial charge < -0.3 is 14.2 Å². The molecule has 0 N–H and O–H groups in total.